The molecule has 0 bridgehead atoms. The lowest BCUT2D eigenvalue weighted by molar-refractivity contribution is -0.384. The predicted octanol–water partition coefficient (Wildman–Crippen LogP) is 1.82. The van der Waals surface area contributed by atoms with Crippen molar-refractivity contribution in [3.05, 3.63) is 33.9 Å². The van der Waals surface area contributed by atoms with Crippen molar-refractivity contribution in [3.63, 3.8) is 0 Å². The molecule has 6 nitrogen and oxygen atoms in total. The Kier molecular flexibility index (Phi) is 4.01. The summed E-state index contributed by atoms with van der Waals surface area (Å²) in [7, 11) is 0. The number of ether oxygens (including phenoxy) is 1. The number of para-hydroxylation sites is 1. The fraction of sp³-hybridized carbons (Fsp3) is 0.538. The molecule has 1 fully saturated rings. The smallest absolute Gasteiger partial charge is 0.295 e. The molecule has 0 aromatic heterocycles. The van der Waals surface area contributed by atoms with Crippen LogP contribution in [0.3, 0.4) is 0 Å². The van der Waals surface area contributed by atoms with Crippen LogP contribution >= 0.6 is 0 Å². The van der Waals surface area contributed by atoms with E-state index in [4.69, 9.17) is 10.5 Å². The third-order valence-corrected chi connectivity index (χ3v) is 3.49. The minimum atomic E-state index is -0.364. The average Bonchev–Trinajstić information content (AvgIpc) is 2.35. The Morgan fingerprint density at radius 3 is 2.89 bits per heavy atom. The fourth-order valence-corrected chi connectivity index (χ4v) is 2.42. The van der Waals surface area contributed by atoms with Gasteiger partial charge in [0.1, 0.15) is 5.69 Å². The van der Waals surface area contributed by atoms with Crippen molar-refractivity contribution in [2.75, 3.05) is 11.9 Å². The Labute approximate surface area is 112 Å². The van der Waals surface area contributed by atoms with Crippen LogP contribution in [0, 0.1) is 17.0 Å². The van der Waals surface area contributed by atoms with Crippen molar-refractivity contribution < 1.29 is 9.66 Å². The zero-order valence-electron chi connectivity index (χ0n) is 11.1. The van der Waals surface area contributed by atoms with E-state index in [0.29, 0.717) is 17.9 Å². The number of anilines is 1. The van der Waals surface area contributed by atoms with Gasteiger partial charge in [0.15, 0.2) is 0 Å². The van der Waals surface area contributed by atoms with Crippen LogP contribution in [-0.4, -0.2) is 29.7 Å². The van der Waals surface area contributed by atoms with Crippen molar-refractivity contribution in [1.82, 2.24) is 0 Å². The van der Waals surface area contributed by atoms with Crippen LogP contribution in [0.1, 0.15) is 18.9 Å². The number of aryl methyl sites for hydroxylation is 1. The van der Waals surface area contributed by atoms with Gasteiger partial charge in [0.25, 0.3) is 5.69 Å². The summed E-state index contributed by atoms with van der Waals surface area (Å²) in [5.74, 6) is 0. The maximum atomic E-state index is 11.1. The maximum absolute atomic E-state index is 11.1. The van der Waals surface area contributed by atoms with Gasteiger partial charge in [0.2, 0.25) is 0 Å². The van der Waals surface area contributed by atoms with E-state index < -0.39 is 0 Å². The normalized spacial score (nSPS) is 25.7. The number of benzene rings is 1. The lowest BCUT2D eigenvalue weighted by atomic mass is 9.83. The molecule has 1 aliphatic rings. The Bertz CT molecular complexity index is 476. The summed E-state index contributed by atoms with van der Waals surface area (Å²) in [6, 6.07) is 5.13. The number of nitrogens with two attached hydrogens (primary N) is 1. The van der Waals surface area contributed by atoms with Crippen molar-refractivity contribution in [3.8, 4) is 0 Å². The van der Waals surface area contributed by atoms with Gasteiger partial charge < -0.3 is 15.8 Å². The number of hydrogen-bond acceptors (Lipinski definition) is 5. The fourth-order valence-electron chi connectivity index (χ4n) is 2.42. The summed E-state index contributed by atoms with van der Waals surface area (Å²) in [6.45, 7) is 4.27. The van der Waals surface area contributed by atoms with Gasteiger partial charge >= 0.3 is 0 Å². The molecule has 3 N–H and O–H groups in total. The summed E-state index contributed by atoms with van der Waals surface area (Å²) < 4.78 is 5.55. The first-order valence-corrected chi connectivity index (χ1v) is 6.42. The lowest BCUT2D eigenvalue weighted by Crippen LogP contribution is -2.60. The zero-order valence-corrected chi connectivity index (χ0v) is 11.1. The van der Waals surface area contributed by atoms with E-state index in [1.165, 1.54) is 0 Å². The second-order valence-corrected chi connectivity index (χ2v) is 4.79. The molecule has 3 unspecified atom stereocenters. The minimum Gasteiger partial charge on any atom is -0.376 e. The first kappa shape index (κ1) is 13.8. The molecule has 1 aromatic rings. The highest BCUT2D eigenvalue weighted by atomic mass is 16.6. The average molecular weight is 265 g/mol. The molecule has 0 amide bonds. The number of nitrogens with one attached hydrogen (secondary N) is 1. The Morgan fingerprint density at radius 1 is 1.58 bits per heavy atom. The molecule has 1 saturated carbocycles. The SMILES string of the molecule is CCOC1CC(N)C1Nc1cccc(C)c1[N+](=O)[O-]. The molecule has 0 saturated heterocycles. The lowest BCUT2D eigenvalue weighted by Gasteiger charge is -2.42. The minimum absolute atomic E-state index is 0.0279. The predicted molar refractivity (Wildman–Crippen MR) is 73.3 cm³/mol. The maximum Gasteiger partial charge on any atom is 0.295 e. The van der Waals surface area contributed by atoms with Crippen LogP contribution in [-0.2, 0) is 4.74 Å². The van der Waals surface area contributed by atoms with E-state index in [1.807, 2.05) is 6.92 Å². The highest BCUT2D eigenvalue weighted by molar-refractivity contribution is 5.65. The molecule has 3 atom stereocenters. The van der Waals surface area contributed by atoms with Gasteiger partial charge in [-0.3, -0.25) is 10.1 Å². The topological polar surface area (TPSA) is 90.4 Å². The molecule has 6 heteroatoms. The van der Waals surface area contributed by atoms with Crippen LogP contribution < -0.4 is 11.1 Å². The molecule has 0 spiro atoms. The van der Waals surface area contributed by atoms with E-state index >= 15 is 0 Å². The molecule has 19 heavy (non-hydrogen) atoms. The second-order valence-electron chi connectivity index (χ2n) is 4.79. The van der Waals surface area contributed by atoms with E-state index in [0.717, 1.165) is 6.42 Å². The van der Waals surface area contributed by atoms with Crippen molar-refractivity contribution in [2.45, 2.75) is 38.5 Å². The third kappa shape index (κ3) is 2.69. The van der Waals surface area contributed by atoms with Gasteiger partial charge in [-0.05, 0) is 26.3 Å². The third-order valence-electron chi connectivity index (χ3n) is 3.49. The van der Waals surface area contributed by atoms with E-state index in [2.05, 4.69) is 5.32 Å². The number of nitro benzene ring substituents is 1. The van der Waals surface area contributed by atoms with Gasteiger partial charge in [-0.2, -0.15) is 0 Å². The Morgan fingerprint density at radius 2 is 2.32 bits per heavy atom. The van der Waals surface area contributed by atoms with Crippen molar-refractivity contribution in [1.29, 1.82) is 0 Å². The summed E-state index contributed by atoms with van der Waals surface area (Å²) >= 11 is 0. The van der Waals surface area contributed by atoms with Gasteiger partial charge in [0.05, 0.1) is 17.1 Å². The highest BCUT2D eigenvalue weighted by Crippen LogP contribution is 2.32. The molecule has 1 aromatic carbocycles. The van der Waals surface area contributed by atoms with Gasteiger partial charge in [-0.1, -0.05) is 12.1 Å². The monoisotopic (exact) mass is 265 g/mol. The van der Waals surface area contributed by atoms with Crippen molar-refractivity contribution in [2.24, 2.45) is 5.73 Å². The standard InChI is InChI=1S/C13H19N3O3/c1-3-19-11-7-9(14)12(11)15-10-6-4-5-8(2)13(10)16(17)18/h4-6,9,11-12,15H,3,7,14H2,1-2H3. The molecular formula is C13H19N3O3. The molecule has 0 heterocycles. The van der Waals surface area contributed by atoms with Gasteiger partial charge in [-0.15, -0.1) is 0 Å². The number of rotatable bonds is 5. The second kappa shape index (κ2) is 5.54. The first-order valence-electron chi connectivity index (χ1n) is 6.42. The summed E-state index contributed by atoms with van der Waals surface area (Å²) in [5, 5.41) is 14.3. The van der Waals surface area contributed by atoms with Crippen LogP contribution in [0.5, 0.6) is 0 Å². The van der Waals surface area contributed by atoms with Gasteiger partial charge in [-0.25, -0.2) is 0 Å². The highest BCUT2D eigenvalue weighted by Gasteiger charge is 2.40. The summed E-state index contributed by atoms with van der Waals surface area (Å²) in [4.78, 5) is 10.8. The molecule has 104 valence electrons. The van der Waals surface area contributed by atoms with Crippen LogP contribution in [0.15, 0.2) is 18.2 Å². The molecule has 1 aliphatic carbocycles. The number of hydrogen-bond donors (Lipinski definition) is 2. The summed E-state index contributed by atoms with van der Waals surface area (Å²) in [6.07, 6.45) is 0.811. The molecule has 0 aliphatic heterocycles. The zero-order chi connectivity index (χ0) is 14.0. The Hall–Kier alpha value is -1.66. The molecule has 0 radical (unpaired) electrons. The number of nitrogens with zero attached hydrogens (tertiary/aromatic N) is 1. The van der Waals surface area contributed by atoms with Gasteiger partial charge in [0, 0.05) is 18.2 Å². The molecular weight excluding hydrogens is 246 g/mol. The summed E-state index contributed by atoms with van der Waals surface area (Å²) in [5.41, 5.74) is 7.20. The largest absolute Gasteiger partial charge is 0.376 e. The number of nitro groups is 1. The molecule has 2 rings (SSSR count). The van der Waals surface area contributed by atoms with E-state index in [-0.39, 0.29) is 28.8 Å². The van der Waals surface area contributed by atoms with Crippen molar-refractivity contribution >= 4 is 11.4 Å². The van der Waals surface area contributed by atoms with Crippen LogP contribution in [0.25, 0.3) is 0 Å². The Balaban J connectivity index is 2.19. The van der Waals surface area contributed by atoms with Crippen LogP contribution in [0.4, 0.5) is 11.4 Å². The van der Waals surface area contributed by atoms with E-state index in [1.54, 1.807) is 25.1 Å². The van der Waals surface area contributed by atoms with Crippen LogP contribution in [0.2, 0.25) is 0 Å². The first-order chi connectivity index (χ1) is 9.04. The van der Waals surface area contributed by atoms with E-state index in [9.17, 15) is 10.1 Å². The quantitative estimate of drug-likeness (QED) is 0.626.